The number of hydrogen-bond acceptors (Lipinski definition) is 4. The van der Waals surface area contributed by atoms with Gasteiger partial charge in [0.15, 0.2) is 0 Å². The minimum Gasteiger partial charge on any atom is -0.439 e. The van der Waals surface area contributed by atoms with Crippen molar-refractivity contribution in [3.63, 3.8) is 0 Å². The Labute approximate surface area is 183 Å². The summed E-state index contributed by atoms with van der Waals surface area (Å²) in [5, 5.41) is 2.82. The van der Waals surface area contributed by atoms with Gasteiger partial charge >= 0.3 is 0 Å². The molecular weight excluding hydrogens is 446 g/mol. The number of nitrogens with zero attached hydrogens (tertiary/aromatic N) is 2. The molecule has 0 spiro atoms. The molecule has 0 atom stereocenters. The quantitative estimate of drug-likeness (QED) is 0.567. The maximum Gasteiger partial charge on any atom is 0.257 e. The van der Waals surface area contributed by atoms with Gasteiger partial charge in [-0.2, -0.15) is 0 Å². The normalized spacial score (nSPS) is 13.2. The molecule has 0 aliphatic carbocycles. The molecule has 0 saturated carbocycles. The van der Waals surface area contributed by atoms with Crippen molar-refractivity contribution in [2.75, 3.05) is 18.4 Å². The molecule has 1 N–H and O–H groups in total. The number of benzene rings is 2. The van der Waals surface area contributed by atoms with Crippen molar-refractivity contribution in [1.82, 2.24) is 9.88 Å². The Morgan fingerprint density at radius 2 is 1.77 bits per heavy atom. The molecule has 30 heavy (non-hydrogen) atoms. The van der Waals surface area contributed by atoms with Crippen molar-refractivity contribution in [2.24, 2.45) is 0 Å². The predicted molar refractivity (Wildman–Crippen MR) is 118 cm³/mol. The van der Waals surface area contributed by atoms with E-state index < -0.39 is 0 Å². The molecule has 0 bridgehead atoms. The van der Waals surface area contributed by atoms with Gasteiger partial charge in [-0.05, 0) is 55.3 Å². The molecule has 0 radical (unpaired) electrons. The van der Waals surface area contributed by atoms with Gasteiger partial charge in [-0.1, -0.05) is 28.1 Å². The fraction of sp³-hybridized carbons (Fsp3) is 0.174. The summed E-state index contributed by atoms with van der Waals surface area (Å²) >= 11 is 3.39. The minimum atomic E-state index is -0.303. The number of anilines is 1. The molecule has 2 heterocycles. The minimum absolute atomic E-state index is 0.000633. The van der Waals surface area contributed by atoms with Crippen molar-refractivity contribution in [1.29, 1.82) is 0 Å². The largest absolute Gasteiger partial charge is 0.439 e. The smallest absolute Gasteiger partial charge is 0.257 e. The molecule has 7 heteroatoms. The summed E-state index contributed by atoms with van der Waals surface area (Å²) in [5.41, 5.74) is 1.54. The first-order valence-electron chi connectivity index (χ1n) is 9.69. The maximum absolute atomic E-state index is 12.6. The number of pyridine rings is 1. The topological polar surface area (TPSA) is 71.5 Å². The molecule has 1 aromatic heterocycles. The molecule has 4 rings (SSSR count). The van der Waals surface area contributed by atoms with Crippen LogP contribution >= 0.6 is 15.9 Å². The highest BCUT2D eigenvalue weighted by Gasteiger charge is 2.19. The fourth-order valence-electron chi connectivity index (χ4n) is 3.26. The summed E-state index contributed by atoms with van der Waals surface area (Å²) in [7, 11) is 0. The molecule has 152 valence electrons. The van der Waals surface area contributed by atoms with Gasteiger partial charge in [0, 0.05) is 41.1 Å². The van der Waals surface area contributed by atoms with Crippen LogP contribution in [0.2, 0.25) is 0 Å². The summed E-state index contributed by atoms with van der Waals surface area (Å²) < 4.78 is 6.59. The van der Waals surface area contributed by atoms with Crippen molar-refractivity contribution in [3.8, 4) is 11.6 Å². The van der Waals surface area contributed by atoms with Gasteiger partial charge in [0.25, 0.3) is 11.8 Å². The van der Waals surface area contributed by atoms with Crippen LogP contribution in [0, 0.1) is 0 Å². The van der Waals surface area contributed by atoms with Gasteiger partial charge in [0.2, 0.25) is 5.88 Å². The highest BCUT2D eigenvalue weighted by Crippen LogP contribution is 2.23. The maximum atomic E-state index is 12.6. The fourth-order valence-corrected chi connectivity index (χ4v) is 3.64. The van der Waals surface area contributed by atoms with Crippen LogP contribution in [0.15, 0.2) is 71.3 Å². The SMILES string of the molecule is O=C(Nc1cccc(C(=O)N2CCCC2)c1)c1ccc(Oc2cccc(Br)c2)nc1. The molecule has 3 aromatic rings. The average molecular weight is 466 g/mol. The van der Waals surface area contributed by atoms with E-state index in [0.717, 1.165) is 30.4 Å². The summed E-state index contributed by atoms with van der Waals surface area (Å²) in [6.45, 7) is 1.57. The van der Waals surface area contributed by atoms with Crippen LogP contribution in [0.1, 0.15) is 33.6 Å². The molecular formula is C23H20BrN3O3. The number of hydrogen-bond donors (Lipinski definition) is 1. The number of amides is 2. The third kappa shape index (κ3) is 4.86. The lowest BCUT2D eigenvalue weighted by molar-refractivity contribution is 0.0792. The van der Waals surface area contributed by atoms with Gasteiger partial charge in [0.1, 0.15) is 5.75 Å². The Morgan fingerprint density at radius 3 is 2.50 bits per heavy atom. The monoisotopic (exact) mass is 465 g/mol. The lowest BCUT2D eigenvalue weighted by Crippen LogP contribution is -2.27. The van der Waals surface area contributed by atoms with Crippen LogP contribution in [-0.4, -0.2) is 34.8 Å². The Balaban J connectivity index is 1.41. The number of halogens is 1. The lowest BCUT2D eigenvalue weighted by Gasteiger charge is -2.15. The van der Waals surface area contributed by atoms with Crippen LogP contribution in [0.4, 0.5) is 5.69 Å². The summed E-state index contributed by atoms with van der Waals surface area (Å²) in [6.07, 6.45) is 3.54. The molecule has 1 saturated heterocycles. The Bertz CT molecular complexity index is 1060. The van der Waals surface area contributed by atoms with Crippen molar-refractivity contribution < 1.29 is 14.3 Å². The lowest BCUT2D eigenvalue weighted by atomic mass is 10.1. The van der Waals surface area contributed by atoms with Crippen molar-refractivity contribution in [2.45, 2.75) is 12.8 Å². The van der Waals surface area contributed by atoms with Crippen LogP contribution < -0.4 is 10.1 Å². The Hall–Kier alpha value is -3.19. The summed E-state index contributed by atoms with van der Waals surface area (Å²) in [6, 6.07) is 17.7. The molecule has 1 aliphatic heterocycles. The zero-order valence-corrected chi connectivity index (χ0v) is 17.8. The first-order chi connectivity index (χ1) is 14.6. The van der Waals surface area contributed by atoms with E-state index in [0.29, 0.717) is 28.4 Å². The summed E-state index contributed by atoms with van der Waals surface area (Å²) in [4.78, 5) is 31.2. The second-order valence-corrected chi connectivity index (χ2v) is 7.89. The number of aromatic nitrogens is 1. The van der Waals surface area contributed by atoms with Gasteiger partial charge in [-0.3, -0.25) is 9.59 Å². The zero-order chi connectivity index (χ0) is 20.9. The van der Waals surface area contributed by atoms with E-state index in [1.807, 2.05) is 29.2 Å². The van der Waals surface area contributed by atoms with E-state index in [1.165, 1.54) is 6.20 Å². The van der Waals surface area contributed by atoms with Crippen LogP contribution in [0.25, 0.3) is 0 Å². The van der Waals surface area contributed by atoms with Crippen LogP contribution in [0.3, 0.4) is 0 Å². The number of rotatable bonds is 5. The van der Waals surface area contributed by atoms with Crippen molar-refractivity contribution in [3.05, 3.63) is 82.5 Å². The number of carbonyl (C=O) groups is 2. The highest BCUT2D eigenvalue weighted by molar-refractivity contribution is 9.10. The first-order valence-corrected chi connectivity index (χ1v) is 10.5. The first kappa shape index (κ1) is 20.1. The third-order valence-electron chi connectivity index (χ3n) is 4.78. The van der Waals surface area contributed by atoms with E-state index in [4.69, 9.17) is 4.74 Å². The van der Waals surface area contributed by atoms with E-state index in [-0.39, 0.29) is 11.8 Å². The van der Waals surface area contributed by atoms with Crippen LogP contribution in [-0.2, 0) is 0 Å². The number of nitrogens with one attached hydrogen (secondary N) is 1. The molecule has 2 amide bonds. The number of carbonyl (C=O) groups excluding carboxylic acids is 2. The van der Waals surface area contributed by atoms with Gasteiger partial charge in [0.05, 0.1) is 5.56 Å². The molecule has 0 unspecified atom stereocenters. The average Bonchev–Trinajstić information content (AvgIpc) is 3.29. The number of likely N-dealkylation sites (tertiary alicyclic amines) is 1. The van der Waals surface area contributed by atoms with E-state index in [1.54, 1.807) is 36.4 Å². The Kier molecular flexibility index (Phi) is 6.09. The van der Waals surface area contributed by atoms with E-state index in [9.17, 15) is 9.59 Å². The van der Waals surface area contributed by atoms with Gasteiger partial charge in [-0.25, -0.2) is 4.98 Å². The third-order valence-corrected chi connectivity index (χ3v) is 5.27. The van der Waals surface area contributed by atoms with E-state index >= 15 is 0 Å². The number of ether oxygens (including phenoxy) is 1. The van der Waals surface area contributed by atoms with Gasteiger partial charge in [-0.15, -0.1) is 0 Å². The van der Waals surface area contributed by atoms with Gasteiger partial charge < -0.3 is 15.0 Å². The Morgan fingerprint density at radius 1 is 0.967 bits per heavy atom. The molecule has 1 fully saturated rings. The highest BCUT2D eigenvalue weighted by atomic mass is 79.9. The van der Waals surface area contributed by atoms with E-state index in [2.05, 4.69) is 26.2 Å². The second-order valence-electron chi connectivity index (χ2n) is 6.98. The molecule has 6 nitrogen and oxygen atoms in total. The molecule has 1 aliphatic rings. The van der Waals surface area contributed by atoms with Crippen LogP contribution in [0.5, 0.6) is 11.6 Å². The predicted octanol–water partition coefficient (Wildman–Crippen LogP) is 5.12. The molecule has 2 aromatic carbocycles. The second kappa shape index (κ2) is 9.09. The standard InChI is InChI=1S/C23H20BrN3O3/c24-18-6-4-8-20(14-18)30-21-10-9-17(15-25-21)22(28)26-19-7-3-5-16(13-19)23(29)27-11-1-2-12-27/h3-10,13-15H,1-2,11-12H2,(H,26,28). The summed E-state index contributed by atoms with van der Waals surface area (Å²) in [5.74, 6) is 0.734. The van der Waals surface area contributed by atoms with Crippen molar-refractivity contribution >= 4 is 33.4 Å². The zero-order valence-electron chi connectivity index (χ0n) is 16.2.